The van der Waals surface area contributed by atoms with E-state index in [9.17, 15) is 9.59 Å². The van der Waals surface area contributed by atoms with Crippen LogP contribution in [0.4, 0.5) is 0 Å². The fourth-order valence-corrected chi connectivity index (χ4v) is 1.52. The lowest BCUT2D eigenvalue weighted by atomic mass is 10.2. The summed E-state index contributed by atoms with van der Waals surface area (Å²) in [6.07, 6.45) is 8.53. The first-order valence-corrected chi connectivity index (χ1v) is 6.27. The van der Waals surface area contributed by atoms with Gasteiger partial charge in [-0.25, -0.2) is 4.79 Å². The van der Waals surface area contributed by atoms with Crippen LogP contribution in [0.5, 0.6) is 0 Å². The van der Waals surface area contributed by atoms with Gasteiger partial charge in [0.1, 0.15) is 0 Å². The Morgan fingerprint density at radius 3 is 2.84 bits per heavy atom. The van der Waals surface area contributed by atoms with Crippen LogP contribution >= 0.6 is 0 Å². The number of hydrogen-bond acceptors (Lipinski definition) is 3. The zero-order chi connectivity index (χ0) is 14.1. The molecule has 1 heterocycles. The second-order valence-electron chi connectivity index (χ2n) is 4.14. The molecule has 1 rings (SSSR count). The van der Waals surface area contributed by atoms with Crippen LogP contribution in [0.15, 0.2) is 24.5 Å². The van der Waals surface area contributed by atoms with Crippen molar-refractivity contribution in [2.24, 2.45) is 0 Å². The van der Waals surface area contributed by atoms with Crippen molar-refractivity contribution >= 4 is 18.0 Å². The van der Waals surface area contributed by atoms with Crippen LogP contribution in [0.2, 0.25) is 0 Å². The molecule has 0 bridgehead atoms. The summed E-state index contributed by atoms with van der Waals surface area (Å²) in [5.41, 5.74) is 1.02. The van der Waals surface area contributed by atoms with Crippen LogP contribution < -0.4 is 5.32 Å². The number of carbonyl (C=O) groups is 2. The van der Waals surface area contributed by atoms with Gasteiger partial charge in [-0.2, -0.15) is 0 Å². The van der Waals surface area contributed by atoms with E-state index in [1.807, 2.05) is 0 Å². The standard InChI is InChI=1S/C14H18N2O3/c1-2-3-4-7-16-14(19)12-8-11(9-15-10-12)5-6-13(17)18/h5-6,8-10H,2-4,7H2,1H3,(H,16,19)(H,17,18). The van der Waals surface area contributed by atoms with Gasteiger partial charge in [0.05, 0.1) is 5.56 Å². The normalized spacial score (nSPS) is 10.6. The third-order valence-electron chi connectivity index (χ3n) is 2.51. The van der Waals surface area contributed by atoms with E-state index in [0.29, 0.717) is 17.7 Å². The lowest BCUT2D eigenvalue weighted by Gasteiger charge is -2.04. The van der Waals surface area contributed by atoms with Gasteiger partial charge in [-0.15, -0.1) is 0 Å². The topological polar surface area (TPSA) is 79.3 Å². The number of unbranched alkanes of at least 4 members (excludes halogenated alkanes) is 2. The fourth-order valence-electron chi connectivity index (χ4n) is 1.52. The highest BCUT2D eigenvalue weighted by Gasteiger charge is 2.05. The van der Waals surface area contributed by atoms with Crippen LogP contribution in [-0.4, -0.2) is 28.5 Å². The summed E-state index contributed by atoms with van der Waals surface area (Å²) < 4.78 is 0. The Kier molecular flexibility index (Phi) is 6.29. The van der Waals surface area contributed by atoms with E-state index >= 15 is 0 Å². The maximum Gasteiger partial charge on any atom is 0.328 e. The van der Waals surface area contributed by atoms with Crippen molar-refractivity contribution in [3.05, 3.63) is 35.7 Å². The Bertz CT molecular complexity index is 470. The second-order valence-corrected chi connectivity index (χ2v) is 4.14. The molecule has 5 nitrogen and oxygen atoms in total. The number of nitrogens with zero attached hydrogens (tertiary/aromatic N) is 1. The van der Waals surface area contributed by atoms with Crippen LogP contribution in [-0.2, 0) is 4.79 Å². The first kappa shape index (κ1) is 14.9. The molecule has 0 aliphatic rings. The van der Waals surface area contributed by atoms with Gasteiger partial charge in [0.25, 0.3) is 5.91 Å². The number of nitrogens with one attached hydrogen (secondary N) is 1. The lowest BCUT2D eigenvalue weighted by Crippen LogP contribution is -2.24. The average molecular weight is 262 g/mol. The summed E-state index contributed by atoms with van der Waals surface area (Å²) >= 11 is 0. The maximum atomic E-state index is 11.8. The number of amides is 1. The molecule has 1 aromatic rings. The molecule has 0 aliphatic heterocycles. The van der Waals surface area contributed by atoms with Gasteiger partial charge in [0.2, 0.25) is 0 Å². The van der Waals surface area contributed by atoms with E-state index in [-0.39, 0.29) is 5.91 Å². The largest absolute Gasteiger partial charge is 0.478 e. The Morgan fingerprint density at radius 1 is 1.37 bits per heavy atom. The molecule has 0 saturated heterocycles. The number of carboxylic acids is 1. The van der Waals surface area contributed by atoms with E-state index in [4.69, 9.17) is 5.11 Å². The van der Waals surface area contributed by atoms with E-state index < -0.39 is 5.97 Å². The van der Waals surface area contributed by atoms with E-state index in [2.05, 4.69) is 17.2 Å². The number of rotatable bonds is 7. The predicted molar refractivity (Wildman–Crippen MR) is 72.8 cm³/mol. The second kappa shape index (κ2) is 8.02. The van der Waals surface area contributed by atoms with Crippen molar-refractivity contribution in [2.45, 2.75) is 26.2 Å². The van der Waals surface area contributed by atoms with Gasteiger partial charge >= 0.3 is 5.97 Å². The highest BCUT2D eigenvalue weighted by Crippen LogP contribution is 2.05. The molecular formula is C14H18N2O3. The minimum Gasteiger partial charge on any atom is -0.478 e. The molecule has 0 saturated carbocycles. The molecule has 1 amide bonds. The lowest BCUT2D eigenvalue weighted by molar-refractivity contribution is -0.131. The molecule has 0 aliphatic carbocycles. The molecule has 19 heavy (non-hydrogen) atoms. The van der Waals surface area contributed by atoms with E-state index in [0.717, 1.165) is 25.3 Å². The van der Waals surface area contributed by atoms with Crippen molar-refractivity contribution in [3.8, 4) is 0 Å². The van der Waals surface area contributed by atoms with E-state index in [1.54, 1.807) is 6.07 Å². The van der Waals surface area contributed by atoms with Gasteiger partial charge in [0.15, 0.2) is 0 Å². The molecule has 0 unspecified atom stereocenters. The van der Waals surface area contributed by atoms with Crippen molar-refractivity contribution < 1.29 is 14.7 Å². The zero-order valence-electron chi connectivity index (χ0n) is 10.9. The summed E-state index contributed by atoms with van der Waals surface area (Å²) in [7, 11) is 0. The predicted octanol–water partition coefficient (Wildman–Crippen LogP) is 2.10. The summed E-state index contributed by atoms with van der Waals surface area (Å²) in [6.45, 7) is 2.74. The minimum atomic E-state index is -1.03. The van der Waals surface area contributed by atoms with Gasteiger partial charge in [-0.1, -0.05) is 19.8 Å². The van der Waals surface area contributed by atoms with Gasteiger partial charge in [0, 0.05) is 25.0 Å². The van der Waals surface area contributed by atoms with Crippen molar-refractivity contribution in [1.82, 2.24) is 10.3 Å². The summed E-state index contributed by atoms with van der Waals surface area (Å²) in [5, 5.41) is 11.3. The van der Waals surface area contributed by atoms with E-state index in [1.165, 1.54) is 18.5 Å². The van der Waals surface area contributed by atoms with Gasteiger partial charge in [-0.05, 0) is 24.1 Å². The van der Waals surface area contributed by atoms with Gasteiger partial charge < -0.3 is 10.4 Å². The van der Waals surface area contributed by atoms with Crippen LogP contribution in [0.25, 0.3) is 6.08 Å². The first-order valence-electron chi connectivity index (χ1n) is 6.27. The SMILES string of the molecule is CCCCCNC(=O)c1cncc(C=CC(=O)O)c1. The van der Waals surface area contributed by atoms with Crippen LogP contribution in [0, 0.1) is 0 Å². The van der Waals surface area contributed by atoms with Crippen LogP contribution in [0.1, 0.15) is 42.1 Å². The number of aliphatic carboxylic acids is 1. The Morgan fingerprint density at radius 2 is 2.16 bits per heavy atom. The summed E-state index contributed by atoms with van der Waals surface area (Å²) in [6, 6.07) is 1.61. The third-order valence-corrected chi connectivity index (χ3v) is 2.51. The van der Waals surface area contributed by atoms with Crippen LogP contribution in [0.3, 0.4) is 0 Å². The molecule has 0 spiro atoms. The summed E-state index contributed by atoms with van der Waals surface area (Å²) in [4.78, 5) is 26.1. The molecule has 5 heteroatoms. The highest BCUT2D eigenvalue weighted by molar-refractivity contribution is 5.94. The third kappa shape index (κ3) is 5.81. The average Bonchev–Trinajstić information content (AvgIpc) is 2.41. The summed E-state index contributed by atoms with van der Waals surface area (Å²) in [5.74, 6) is -1.22. The highest BCUT2D eigenvalue weighted by atomic mass is 16.4. The number of aromatic nitrogens is 1. The van der Waals surface area contributed by atoms with Crippen molar-refractivity contribution in [2.75, 3.05) is 6.54 Å². The number of pyridine rings is 1. The first-order chi connectivity index (χ1) is 9.13. The smallest absolute Gasteiger partial charge is 0.328 e. The van der Waals surface area contributed by atoms with Gasteiger partial charge in [-0.3, -0.25) is 9.78 Å². The molecule has 2 N–H and O–H groups in total. The molecule has 0 fully saturated rings. The molecule has 0 radical (unpaired) electrons. The fraction of sp³-hybridized carbons (Fsp3) is 0.357. The quantitative estimate of drug-likeness (QED) is 0.582. The Hall–Kier alpha value is -2.17. The number of carboxylic acid groups (broad SMARTS) is 1. The molecule has 1 aromatic heterocycles. The molecule has 0 atom stereocenters. The minimum absolute atomic E-state index is 0.186. The molecular weight excluding hydrogens is 244 g/mol. The van der Waals surface area contributed by atoms with Crippen molar-refractivity contribution in [1.29, 1.82) is 0 Å². The Balaban J connectivity index is 2.60. The van der Waals surface area contributed by atoms with Crippen molar-refractivity contribution in [3.63, 3.8) is 0 Å². The molecule has 102 valence electrons. The zero-order valence-corrected chi connectivity index (χ0v) is 10.9. The number of carbonyl (C=O) groups excluding carboxylic acids is 1. The number of hydrogen-bond donors (Lipinski definition) is 2. The maximum absolute atomic E-state index is 11.8. The monoisotopic (exact) mass is 262 g/mol. The molecule has 0 aromatic carbocycles. The Labute approximate surface area is 112 Å².